The summed E-state index contributed by atoms with van der Waals surface area (Å²) in [4.78, 5) is 11.2. The van der Waals surface area contributed by atoms with Crippen LogP contribution in [0.25, 0.3) is 0 Å². The molecule has 0 heterocycles. The van der Waals surface area contributed by atoms with E-state index in [4.69, 9.17) is 4.74 Å². The molecule has 0 fully saturated rings. The number of rotatable bonds is 3. The van der Waals surface area contributed by atoms with Gasteiger partial charge < -0.3 is 9.16 Å². The smallest absolute Gasteiger partial charge is 0.345 e. The first kappa shape index (κ1) is 9.79. The van der Waals surface area contributed by atoms with E-state index in [-0.39, 0.29) is 0 Å². The van der Waals surface area contributed by atoms with E-state index >= 15 is 0 Å². The van der Waals surface area contributed by atoms with Gasteiger partial charge >= 0.3 is 16.5 Å². The van der Waals surface area contributed by atoms with Gasteiger partial charge in [0.2, 0.25) is 0 Å². The zero-order chi connectivity index (χ0) is 9.68. The molecule has 0 atom stereocenters. The molecule has 0 saturated heterocycles. The van der Waals surface area contributed by atoms with Crippen LogP contribution in [0.3, 0.4) is 0 Å². The maximum Gasteiger partial charge on any atom is 0.345 e. The molecule has 1 aromatic rings. The first-order valence-electron chi connectivity index (χ1n) is 3.89. The van der Waals surface area contributed by atoms with Gasteiger partial charge in [-0.3, -0.25) is 0 Å². The molecule has 0 N–H and O–H groups in total. The van der Waals surface area contributed by atoms with Crippen LogP contribution in [0.15, 0.2) is 24.3 Å². The van der Waals surface area contributed by atoms with Gasteiger partial charge in [-0.05, 0) is 19.1 Å². The molecular formula is C9H9O3Si. The van der Waals surface area contributed by atoms with E-state index in [0.717, 1.165) is 0 Å². The standard InChI is InChI=1S/C9H9O3Si/c1-2-11-8-6-4-3-5-7(8)9(10)12-13/h3-6H,2H2,1H3. The molecule has 0 saturated carbocycles. The number of para-hydroxylation sites is 1. The summed E-state index contributed by atoms with van der Waals surface area (Å²) >= 11 is 0. The number of benzene rings is 1. The third-order valence-corrected chi connectivity index (χ3v) is 1.68. The average molecular weight is 193 g/mol. The van der Waals surface area contributed by atoms with Crippen molar-refractivity contribution >= 4 is 16.5 Å². The summed E-state index contributed by atoms with van der Waals surface area (Å²) in [6, 6.07) is 6.92. The van der Waals surface area contributed by atoms with Gasteiger partial charge in [0.05, 0.1) is 6.61 Å². The number of carbonyl (C=O) groups excluding carboxylic acids is 1. The Balaban J connectivity index is 2.97. The Morgan fingerprint density at radius 1 is 1.46 bits per heavy atom. The van der Waals surface area contributed by atoms with Crippen LogP contribution >= 0.6 is 0 Å². The summed E-state index contributed by atoms with van der Waals surface area (Å²) in [5, 5.41) is 0. The van der Waals surface area contributed by atoms with Crippen LogP contribution in [0.4, 0.5) is 0 Å². The van der Waals surface area contributed by atoms with Crippen molar-refractivity contribution in [1.29, 1.82) is 0 Å². The molecule has 13 heavy (non-hydrogen) atoms. The Bertz CT molecular complexity index is 299. The summed E-state index contributed by atoms with van der Waals surface area (Å²) in [5.41, 5.74) is 0.416. The Morgan fingerprint density at radius 3 is 2.77 bits per heavy atom. The highest BCUT2D eigenvalue weighted by Gasteiger charge is 2.10. The summed E-state index contributed by atoms with van der Waals surface area (Å²) < 4.78 is 9.65. The van der Waals surface area contributed by atoms with E-state index < -0.39 is 5.97 Å². The second-order valence-corrected chi connectivity index (χ2v) is 2.52. The van der Waals surface area contributed by atoms with Crippen molar-refractivity contribution in [3.05, 3.63) is 29.8 Å². The van der Waals surface area contributed by atoms with Crippen molar-refractivity contribution in [3.63, 3.8) is 0 Å². The van der Waals surface area contributed by atoms with Crippen LogP contribution in [0.5, 0.6) is 5.75 Å². The molecule has 4 heteroatoms. The minimum absolute atomic E-state index is 0.416. The van der Waals surface area contributed by atoms with Crippen molar-refractivity contribution in [2.24, 2.45) is 0 Å². The van der Waals surface area contributed by atoms with Gasteiger partial charge in [0.25, 0.3) is 0 Å². The highest BCUT2D eigenvalue weighted by molar-refractivity contribution is 6.10. The lowest BCUT2D eigenvalue weighted by atomic mass is 10.2. The van der Waals surface area contributed by atoms with Gasteiger partial charge in [-0.1, -0.05) is 12.1 Å². The van der Waals surface area contributed by atoms with E-state index in [2.05, 4.69) is 14.9 Å². The maximum atomic E-state index is 11.2. The number of ether oxygens (including phenoxy) is 1. The monoisotopic (exact) mass is 193 g/mol. The van der Waals surface area contributed by atoms with Crippen molar-refractivity contribution < 1.29 is 14.0 Å². The van der Waals surface area contributed by atoms with Crippen molar-refractivity contribution in [3.8, 4) is 5.75 Å². The van der Waals surface area contributed by atoms with E-state index in [1.54, 1.807) is 24.3 Å². The van der Waals surface area contributed by atoms with Crippen LogP contribution in [-0.2, 0) is 4.43 Å². The Kier molecular flexibility index (Phi) is 3.51. The molecule has 0 unspecified atom stereocenters. The predicted octanol–water partition coefficient (Wildman–Crippen LogP) is 1.33. The van der Waals surface area contributed by atoms with Gasteiger partial charge in [0, 0.05) is 0 Å². The SMILES string of the molecule is CCOc1ccccc1C(=O)O[Si]. The number of hydrogen-bond acceptors (Lipinski definition) is 3. The van der Waals surface area contributed by atoms with E-state index in [1.165, 1.54) is 0 Å². The largest absolute Gasteiger partial charge is 0.512 e. The molecule has 0 spiro atoms. The zero-order valence-electron chi connectivity index (χ0n) is 7.24. The fourth-order valence-electron chi connectivity index (χ4n) is 0.972. The average Bonchev–Trinajstić information content (AvgIpc) is 2.18. The lowest BCUT2D eigenvalue weighted by Gasteiger charge is -2.07. The predicted molar refractivity (Wildman–Crippen MR) is 48.8 cm³/mol. The van der Waals surface area contributed by atoms with Crippen LogP contribution in [-0.4, -0.2) is 23.1 Å². The summed E-state index contributed by atoms with van der Waals surface area (Å²) in [7, 11) is 2.68. The number of carbonyl (C=O) groups is 1. The third kappa shape index (κ3) is 2.32. The van der Waals surface area contributed by atoms with Crippen LogP contribution in [0, 0.1) is 0 Å². The van der Waals surface area contributed by atoms with Gasteiger partial charge in [-0.25, -0.2) is 4.79 Å². The van der Waals surface area contributed by atoms with Gasteiger partial charge in [0.15, 0.2) is 0 Å². The zero-order valence-corrected chi connectivity index (χ0v) is 8.24. The highest BCUT2D eigenvalue weighted by atomic mass is 28.2. The normalized spacial score (nSPS) is 9.38. The lowest BCUT2D eigenvalue weighted by molar-refractivity contribution is 0.0745. The van der Waals surface area contributed by atoms with Gasteiger partial charge in [0.1, 0.15) is 11.3 Å². The molecular weight excluding hydrogens is 184 g/mol. The second-order valence-electron chi connectivity index (χ2n) is 2.32. The molecule has 0 amide bonds. The minimum Gasteiger partial charge on any atom is -0.512 e. The molecule has 0 aliphatic carbocycles. The van der Waals surface area contributed by atoms with Crippen LogP contribution in [0.2, 0.25) is 0 Å². The number of hydrogen-bond donors (Lipinski definition) is 0. The van der Waals surface area contributed by atoms with E-state index in [0.29, 0.717) is 17.9 Å². The Hall–Kier alpha value is -1.29. The van der Waals surface area contributed by atoms with Crippen molar-refractivity contribution in [2.75, 3.05) is 6.61 Å². The van der Waals surface area contributed by atoms with Crippen LogP contribution < -0.4 is 4.74 Å². The summed E-state index contributed by atoms with van der Waals surface area (Å²) in [6.07, 6.45) is 0. The quantitative estimate of drug-likeness (QED) is 0.679. The third-order valence-electron chi connectivity index (χ3n) is 1.50. The lowest BCUT2D eigenvalue weighted by Crippen LogP contribution is -2.05. The molecule has 3 radical (unpaired) electrons. The molecule has 67 valence electrons. The molecule has 0 bridgehead atoms. The van der Waals surface area contributed by atoms with E-state index in [1.807, 2.05) is 6.92 Å². The Morgan fingerprint density at radius 2 is 2.15 bits per heavy atom. The second kappa shape index (κ2) is 4.66. The minimum atomic E-state index is -0.458. The fraction of sp³-hybridized carbons (Fsp3) is 0.222. The highest BCUT2D eigenvalue weighted by Crippen LogP contribution is 2.18. The molecule has 0 aromatic heterocycles. The first-order valence-corrected chi connectivity index (χ1v) is 4.30. The summed E-state index contributed by atoms with van der Waals surface area (Å²) in [6.45, 7) is 2.38. The van der Waals surface area contributed by atoms with Crippen molar-refractivity contribution in [2.45, 2.75) is 6.92 Å². The maximum absolute atomic E-state index is 11.2. The molecule has 0 aliphatic heterocycles. The van der Waals surface area contributed by atoms with Crippen molar-refractivity contribution in [1.82, 2.24) is 0 Å². The van der Waals surface area contributed by atoms with Gasteiger partial charge in [-0.15, -0.1) is 0 Å². The molecule has 3 nitrogen and oxygen atoms in total. The topological polar surface area (TPSA) is 35.5 Å². The molecule has 0 aliphatic rings. The van der Waals surface area contributed by atoms with Gasteiger partial charge in [-0.2, -0.15) is 0 Å². The fourth-order valence-corrected chi connectivity index (χ4v) is 1.08. The molecule has 1 aromatic carbocycles. The van der Waals surface area contributed by atoms with E-state index in [9.17, 15) is 4.79 Å². The molecule has 1 rings (SSSR count). The summed E-state index contributed by atoms with van der Waals surface area (Å²) in [5.74, 6) is 0.0777. The first-order chi connectivity index (χ1) is 6.29. The van der Waals surface area contributed by atoms with Crippen LogP contribution in [0.1, 0.15) is 17.3 Å². The Labute approximate surface area is 80.2 Å².